The Morgan fingerprint density at radius 2 is 1.94 bits per heavy atom. The first-order chi connectivity index (χ1) is 8.64. The molecule has 0 radical (unpaired) electrons. The van der Waals surface area contributed by atoms with E-state index in [1.807, 2.05) is 7.05 Å². The molecule has 2 fully saturated rings. The van der Waals surface area contributed by atoms with Crippen molar-refractivity contribution in [3.8, 4) is 0 Å². The van der Waals surface area contributed by atoms with Crippen molar-refractivity contribution in [1.29, 1.82) is 0 Å². The predicted molar refractivity (Wildman–Crippen MR) is 69.5 cm³/mol. The topological polar surface area (TPSA) is 61.9 Å². The Labute approximate surface area is 109 Å². The fourth-order valence-corrected chi connectivity index (χ4v) is 4.33. The van der Waals surface area contributed by atoms with Crippen LogP contribution in [0.4, 0.5) is 0 Å². The molecule has 0 spiro atoms. The molecule has 0 aromatic carbocycles. The summed E-state index contributed by atoms with van der Waals surface area (Å²) in [6.07, 6.45) is 2.06. The molecule has 2 saturated heterocycles. The van der Waals surface area contributed by atoms with E-state index in [-0.39, 0.29) is 0 Å². The van der Waals surface area contributed by atoms with Crippen LogP contribution in [0.3, 0.4) is 0 Å². The molecule has 18 heavy (non-hydrogen) atoms. The molecule has 0 aromatic rings. The van der Waals surface area contributed by atoms with Crippen LogP contribution in [0.2, 0.25) is 0 Å². The first-order valence-corrected chi connectivity index (χ1v) is 8.02. The Hall–Kier alpha value is -0.210. The summed E-state index contributed by atoms with van der Waals surface area (Å²) in [5.41, 5.74) is 0. The molecule has 0 aliphatic carbocycles. The Bertz CT molecular complexity index is 353. The fraction of sp³-hybridized carbons (Fsp3) is 1.00. The lowest BCUT2D eigenvalue weighted by Gasteiger charge is -2.36. The Kier molecular flexibility index (Phi) is 4.97. The number of ether oxygens (including phenoxy) is 1. The van der Waals surface area contributed by atoms with Crippen molar-refractivity contribution >= 4 is 10.2 Å². The van der Waals surface area contributed by atoms with Crippen molar-refractivity contribution in [3.63, 3.8) is 0 Å². The van der Waals surface area contributed by atoms with Crippen molar-refractivity contribution in [1.82, 2.24) is 13.9 Å². The summed E-state index contributed by atoms with van der Waals surface area (Å²) in [5.74, 6) is 0.430. The van der Waals surface area contributed by atoms with Crippen molar-refractivity contribution in [2.24, 2.45) is 5.92 Å². The van der Waals surface area contributed by atoms with E-state index in [0.717, 1.165) is 19.4 Å². The highest BCUT2D eigenvalue weighted by atomic mass is 32.2. The van der Waals surface area contributed by atoms with Crippen LogP contribution < -0.4 is 5.32 Å². The van der Waals surface area contributed by atoms with Crippen LogP contribution in [0.1, 0.15) is 12.8 Å². The standard InChI is InChI=1S/C11H23N3O3S/c1-12-9-11-3-2-4-14(10-11)18(15,16)13-5-7-17-8-6-13/h11-12H,2-10H2,1H3. The van der Waals surface area contributed by atoms with Crippen molar-refractivity contribution < 1.29 is 13.2 Å². The highest BCUT2D eigenvalue weighted by molar-refractivity contribution is 7.86. The lowest BCUT2D eigenvalue weighted by molar-refractivity contribution is 0.0691. The fourth-order valence-electron chi connectivity index (χ4n) is 2.63. The minimum atomic E-state index is -3.28. The Balaban J connectivity index is 1.99. The van der Waals surface area contributed by atoms with E-state index in [1.54, 1.807) is 8.61 Å². The van der Waals surface area contributed by atoms with Crippen LogP contribution in [0, 0.1) is 5.92 Å². The monoisotopic (exact) mass is 277 g/mol. The summed E-state index contributed by atoms with van der Waals surface area (Å²) in [6.45, 7) is 4.15. The molecule has 2 heterocycles. The van der Waals surface area contributed by atoms with E-state index in [2.05, 4.69) is 5.32 Å². The van der Waals surface area contributed by atoms with Crippen LogP contribution in [0.15, 0.2) is 0 Å². The molecule has 106 valence electrons. The normalized spacial score (nSPS) is 28.4. The first kappa shape index (κ1) is 14.2. The van der Waals surface area contributed by atoms with Gasteiger partial charge in [-0.25, -0.2) is 0 Å². The SMILES string of the molecule is CNCC1CCCN(S(=O)(=O)N2CCOCC2)C1. The molecule has 7 heteroatoms. The van der Waals surface area contributed by atoms with Gasteiger partial charge in [-0.2, -0.15) is 17.0 Å². The number of nitrogens with zero attached hydrogens (tertiary/aromatic N) is 2. The number of hydrogen-bond acceptors (Lipinski definition) is 4. The van der Waals surface area contributed by atoms with Crippen molar-refractivity contribution in [2.45, 2.75) is 12.8 Å². The van der Waals surface area contributed by atoms with Gasteiger partial charge < -0.3 is 10.1 Å². The van der Waals surface area contributed by atoms with E-state index < -0.39 is 10.2 Å². The number of hydrogen-bond donors (Lipinski definition) is 1. The van der Waals surface area contributed by atoms with Crippen LogP contribution >= 0.6 is 0 Å². The number of rotatable bonds is 4. The lowest BCUT2D eigenvalue weighted by Crippen LogP contribution is -2.52. The van der Waals surface area contributed by atoms with Gasteiger partial charge in [0.25, 0.3) is 10.2 Å². The van der Waals surface area contributed by atoms with Crippen LogP contribution in [0.5, 0.6) is 0 Å². The third kappa shape index (κ3) is 3.21. The molecule has 0 bridgehead atoms. The third-order valence-corrected chi connectivity index (χ3v) is 5.60. The molecule has 1 unspecified atom stereocenters. The van der Waals surface area contributed by atoms with E-state index in [1.165, 1.54) is 0 Å². The summed E-state index contributed by atoms with van der Waals surface area (Å²) >= 11 is 0. The van der Waals surface area contributed by atoms with Gasteiger partial charge in [0, 0.05) is 26.2 Å². The maximum absolute atomic E-state index is 12.5. The zero-order chi connectivity index (χ0) is 13.0. The molecule has 1 atom stereocenters. The third-order valence-electron chi connectivity index (χ3n) is 3.60. The summed E-state index contributed by atoms with van der Waals surface area (Å²) in [6, 6.07) is 0. The van der Waals surface area contributed by atoms with Gasteiger partial charge in [0.1, 0.15) is 0 Å². The molecular weight excluding hydrogens is 254 g/mol. The van der Waals surface area contributed by atoms with Crippen molar-refractivity contribution in [3.05, 3.63) is 0 Å². The van der Waals surface area contributed by atoms with E-state index >= 15 is 0 Å². The smallest absolute Gasteiger partial charge is 0.282 e. The van der Waals surface area contributed by atoms with Crippen LogP contribution in [0.25, 0.3) is 0 Å². The molecule has 0 amide bonds. The quantitative estimate of drug-likeness (QED) is 0.752. The van der Waals surface area contributed by atoms with Gasteiger partial charge in [-0.3, -0.25) is 0 Å². The second-order valence-electron chi connectivity index (χ2n) is 4.94. The van der Waals surface area contributed by atoms with Gasteiger partial charge in [0.05, 0.1) is 13.2 Å². The maximum atomic E-state index is 12.5. The number of nitrogens with one attached hydrogen (secondary N) is 1. The van der Waals surface area contributed by atoms with Gasteiger partial charge in [-0.1, -0.05) is 0 Å². The summed E-state index contributed by atoms with van der Waals surface area (Å²) in [7, 11) is -1.37. The average molecular weight is 277 g/mol. The second kappa shape index (κ2) is 6.29. The van der Waals surface area contributed by atoms with E-state index in [4.69, 9.17) is 4.74 Å². The Morgan fingerprint density at radius 3 is 2.61 bits per heavy atom. The van der Waals surface area contributed by atoms with Crippen LogP contribution in [-0.2, 0) is 14.9 Å². The molecule has 0 aromatic heterocycles. The first-order valence-electron chi connectivity index (χ1n) is 6.62. The average Bonchev–Trinajstić information content (AvgIpc) is 2.40. The van der Waals surface area contributed by atoms with Gasteiger partial charge >= 0.3 is 0 Å². The maximum Gasteiger partial charge on any atom is 0.282 e. The van der Waals surface area contributed by atoms with Gasteiger partial charge in [-0.15, -0.1) is 0 Å². The van der Waals surface area contributed by atoms with E-state index in [0.29, 0.717) is 45.3 Å². The van der Waals surface area contributed by atoms with Gasteiger partial charge in [0.2, 0.25) is 0 Å². The van der Waals surface area contributed by atoms with Gasteiger partial charge in [-0.05, 0) is 32.4 Å². The molecule has 1 N–H and O–H groups in total. The lowest BCUT2D eigenvalue weighted by atomic mass is 10.00. The highest BCUT2D eigenvalue weighted by Gasteiger charge is 2.34. The molecule has 2 aliphatic rings. The summed E-state index contributed by atoms with van der Waals surface area (Å²) in [4.78, 5) is 0. The zero-order valence-electron chi connectivity index (χ0n) is 11.0. The zero-order valence-corrected chi connectivity index (χ0v) is 11.8. The molecular formula is C11H23N3O3S. The minimum Gasteiger partial charge on any atom is -0.379 e. The summed E-state index contributed by atoms with van der Waals surface area (Å²) < 4.78 is 33.3. The predicted octanol–water partition coefficient (Wildman–Crippen LogP) is -0.505. The molecule has 2 rings (SSSR count). The Morgan fingerprint density at radius 1 is 1.22 bits per heavy atom. The van der Waals surface area contributed by atoms with Crippen molar-refractivity contribution in [2.75, 3.05) is 53.0 Å². The molecule has 6 nitrogen and oxygen atoms in total. The summed E-state index contributed by atoms with van der Waals surface area (Å²) in [5, 5.41) is 3.13. The highest BCUT2D eigenvalue weighted by Crippen LogP contribution is 2.21. The second-order valence-corrected chi connectivity index (χ2v) is 6.87. The number of morpholine rings is 1. The largest absolute Gasteiger partial charge is 0.379 e. The molecule has 2 aliphatic heterocycles. The van der Waals surface area contributed by atoms with E-state index in [9.17, 15) is 8.42 Å². The molecule has 0 saturated carbocycles. The van der Waals surface area contributed by atoms with Gasteiger partial charge in [0.15, 0.2) is 0 Å². The van der Waals surface area contributed by atoms with Crippen LogP contribution in [-0.4, -0.2) is 70.0 Å². The number of piperidine rings is 1. The minimum absolute atomic E-state index is 0.430.